The predicted molar refractivity (Wildman–Crippen MR) is 52.5 cm³/mol. The monoisotopic (exact) mass is 191 g/mol. The van der Waals surface area contributed by atoms with Gasteiger partial charge in [-0.3, -0.25) is 14.9 Å². The Kier molecular flexibility index (Phi) is 3.23. The van der Waals surface area contributed by atoms with Crippen LogP contribution in [0.5, 0.6) is 0 Å². The van der Waals surface area contributed by atoms with Crippen molar-refractivity contribution < 1.29 is 9.59 Å². The summed E-state index contributed by atoms with van der Waals surface area (Å²) in [4.78, 5) is 22.3. The molecule has 1 radical (unpaired) electrons. The van der Waals surface area contributed by atoms with E-state index in [4.69, 9.17) is 5.73 Å². The van der Waals surface area contributed by atoms with Crippen molar-refractivity contribution in [3.8, 4) is 0 Å². The zero-order valence-corrected chi connectivity index (χ0v) is 7.83. The molecule has 4 heteroatoms. The van der Waals surface area contributed by atoms with Crippen LogP contribution >= 0.6 is 0 Å². The Morgan fingerprint density at radius 2 is 2.29 bits per heavy atom. The van der Waals surface area contributed by atoms with Crippen molar-refractivity contribution in [3.05, 3.63) is 29.8 Å². The summed E-state index contributed by atoms with van der Waals surface area (Å²) in [5.41, 5.74) is 6.15. The predicted octanol–water partition coefficient (Wildman–Crippen LogP) is 0.735. The molecule has 73 valence electrons. The maximum Gasteiger partial charge on any atom is 0.259 e. The van der Waals surface area contributed by atoms with Gasteiger partial charge in [0.1, 0.15) is 0 Å². The number of hydrogen-bond donors (Lipinski definition) is 2. The fourth-order valence-corrected chi connectivity index (χ4v) is 0.932. The van der Waals surface area contributed by atoms with E-state index in [9.17, 15) is 9.59 Å². The van der Waals surface area contributed by atoms with Crippen LogP contribution in [-0.2, 0) is 4.79 Å². The minimum absolute atomic E-state index is 0.268. The maximum atomic E-state index is 11.4. The van der Waals surface area contributed by atoms with Crippen molar-refractivity contribution in [3.63, 3.8) is 0 Å². The molecule has 0 heterocycles. The van der Waals surface area contributed by atoms with Gasteiger partial charge >= 0.3 is 0 Å². The van der Waals surface area contributed by atoms with Crippen molar-refractivity contribution in [2.24, 2.45) is 0 Å². The lowest BCUT2D eigenvalue weighted by Gasteiger charge is -2.04. The number of nitrogens with one attached hydrogen (secondary N) is 1. The first kappa shape index (κ1) is 10.2. The highest BCUT2D eigenvalue weighted by molar-refractivity contribution is 6.07. The van der Waals surface area contributed by atoms with E-state index in [1.54, 1.807) is 13.0 Å². The van der Waals surface area contributed by atoms with Gasteiger partial charge in [0.2, 0.25) is 5.91 Å². The first-order chi connectivity index (χ1) is 6.65. The molecule has 0 bridgehead atoms. The molecular weight excluding hydrogens is 180 g/mol. The molecule has 0 atom stereocenters. The first-order valence-corrected chi connectivity index (χ1v) is 4.25. The summed E-state index contributed by atoms with van der Waals surface area (Å²) in [7, 11) is 0. The van der Waals surface area contributed by atoms with Crippen LogP contribution in [0.1, 0.15) is 23.7 Å². The van der Waals surface area contributed by atoms with Gasteiger partial charge < -0.3 is 5.73 Å². The number of nitrogens with two attached hydrogens (primary N) is 1. The standard InChI is InChI=1S/C10H11N2O2/c1-2-9(13)12-10(14)7-5-3-4-6-8(7)11/h3,5-6H,2,11H2,1H3,(H,12,13,14). The van der Waals surface area contributed by atoms with Crippen molar-refractivity contribution in [2.45, 2.75) is 13.3 Å². The van der Waals surface area contributed by atoms with E-state index >= 15 is 0 Å². The zero-order valence-electron chi connectivity index (χ0n) is 7.83. The third kappa shape index (κ3) is 2.32. The van der Waals surface area contributed by atoms with Crippen LogP contribution in [-0.4, -0.2) is 11.8 Å². The molecule has 1 rings (SSSR count). The van der Waals surface area contributed by atoms with E-state index in [1.807, 2.05) is 0 Å². The number of benzene rings is 1. The van der Waals surface area contributed by atoms with Crippen molar-refractivity contribution >= 4 is 17.5 Å². The van der Waals surface area contributed by atoms with Crippen LogP contribution in [0, 0.1) is 6.07 Å². The Morgan fingerprint density at radius 1 is 1.57 bits per heavy atom. The van der Waals surface area contributed by atoms with Gasteiger partial charge in [0.15, 0.2) is 0 Å². The second-order valence-electron chi connectivity index (χ2n) is 2.74. The molecule has 0 aliphatic carbocycles. The summed E-state index contributed by atoms with van der Waals surface area (Å²) < 4.78 is 0. The van der Waals surface area contributed by atoms with Crippen molar-refractivity contribution in [1.29, 1.82) is 0 Å². The Bertz CT molecular complexity index is 361. The van der Waals surface area contributed by atoms with E-state index < -0.39 is 5.91 Å². The number of imide groups is 1. The number of hydrogen-bond acceptors (Lipinski definition) is 3. The molecule has 14 heavy (non-hydrogen) atoms. The van der Waals surface area contributed by atoms with E-state index in [-0.39, 0.29) is 12.3 Å². The van der Waals surface area contributed by atoms with Crippen LogP contribution in [0.25, 0.3) is 0 Å². The molecule has 4 nitrogen and oxygen atoms in total. The van der Waals surface area contributed by atoms with Crippen LogP contribution in [0.15, 0.2) is 18.2 Å². The Hall–Kier alpha value is -1.84. The van der Waals surface area contributed by atoms with Gasteiger partial charge in [-0.05, 0) is 18.2 Å². The van der Waals surface area contributed by atoms with Crippen LogP contribution < -0.4 is 11.1 Å². The zero-order chi connectivity index (χ0) is 10.6. The molecule has 0 saturated carbocycles. The third-order valence-corrected chi connectivity index (χ3v) is 1.71. The quantitative estimate of drug-likeness (QED) is 0.677. The summed E-state index contributed by atoms with van der Waals surface area (Å²) in [6, 6.07) is 7.32. The average Bonchev–Trinajstić information content (AvgIpc) is 2.18. The first-order valence-electron chi connectivity index (χ1n) is 4.25. The summed E-state index contributed by atoms with van der Waals surface area (Å²) in [5.74, 6) is -0.786. The molecule has 1 aromatic rings. The normalized spacial score (nSPS) is 9.50. The highest BCUT2D eigenvalue weighted by Gasteiger charge is 2.10. The molecule has 0 unspecified atom stereocenters. The molecule has 0 aromatic heterocycles. The third-order valence-electron chi connectivity index (χ3n) is 1.71. The number of carbonyl (C=O) groups is 2. The van der Waals surface area contributed by atoms with Gasteiger partial charge in [-0.15, -0.1) is 0 Å². The van der Waals surface area contributed by atoms with Crippen LogP contribution in [0.2, 0.25) is 0 Å². The Labute approximate surface area is 82.1 Å². The molecule has 2 amide bonds. The molecule has 1 aromatic carbocycles. The Balaban J connectivity index is 2.80. The molecule has 0 spiro atoms. The largest absolute Gasteiger partial charge is 0.398 e. The Morgan fingerprint density at radius 3 is 2.86 bits per heavy atom. The number of nitrogen functional groups attached to an aromatic ring is 1. The van der Waals surface area contributed by atoms with Gasteiger partial charge in [0, 0.05) is 12.1 Å². The molecule has 0 saturated heterocycles. The highest BCUT2D eigenvalue weighted by Crippen LogP contribution is 2.09. The van der Waals surface area contributed by atoms with Gasteiger partial charge in [-0.1, -0.05) is 13.0 Å². The molecule has 0 aliphatic rings. The van der Waals surface area contributed by atoms with E-state index in [0.717, 1.165) is 0 Å². The smallest absolute Gasteiger partial charge is 0.259 e. The molecular formula is C10H11N2O2. The van der Waals surface area contributed by atoms with Crippen LogP contribution in [0.3, 0.4) is 0 Å². The van der Waals surface area contributed by atoms with E-state index in [0.29, 0.717) is 11.3 Å². The lowest BCUT2D eigenvalue weighted by molar-refractivity contribution is -0.119. The number of amides is 2. The minimum atomic E-state index is -0.469. The van der Waals surface area contributed by atoms with Crippen LogP contribution in [0.4, 0.5) is 5.69 Å². The average molecular weight is 191 g/mol. The van der Waals surface area contributed by atoms with Crippen molar-refractivity contribution in [1.82, 2.24) is 5.32 Å². The lowest BCUT2D eigenvalue weighted by Crippen LogP contribution is -2.30. The summed E-state index contributed by atoms with van der Waals surface area (Å²) in [6.07, 6.45) is 0.268. The van der Waals surface area contributed by atoms with Gasteiger partial charge in [-0.25, -0.2) is 0 Å². The topological polar surface area (TPSA) is 72.2 Å². The summed E-state index contributed by atoms with van der Waals surface area (Å²) in [6.45, 7) is 1.67. The SMILES string of the molecule is CCC(=O)NC(=O)c1cc[c]cc1N. The summed E-state index contributed by atoms with van der Waals surface area (Å²) in [5, 5.41) is 2.21. The van der Waals surface area contributed by atoms with Gasteiger partial charge in [0.05, 0.1) is 5.56 Å². The molecule has 0 fully saturated rings. The van der Waals surface area contributed by atoms with Crippen molar-refractivity contribution in [2.75, 3.05) is 5.73 Å². The minimum Gasteiger partial charge on any atom is -0.398 e. The lowest BCUT2D eigenvalue weighted by atomic mass is 10.1. The summed E-state index contributed by atoms with van der Waals surface area (Å²) >= 11 is 0. The maximum absolute atomic E-state index is 11.4. The number of carbonyl (C=O) groups excluding carboxylic acids is 2. The second-order valence-corrected chi connectivity index (χ2v) is 2.74. The second kappa shape index (κ2) is 4.41. The number of rotatable bonds is 2. The molecule has 3 N–H and O–H groups in total. The van der Waals surface area contributed by atoms with E-state index in [1.165, 1.54) is 12.1 Å². The van der Waals surface area contributed by atoms with Gasteiger partial charge in [0.25, 0.3) is 5.91 Å². The fraction of sp³-hybridized carbons (Fsp3) is 0.200. The van der Waals surface area contributed by atoms with E-state index in [2.05, 4.69) is 11.4 Å². The number of anilines is 1. The fourth-order valence-electron chi connectivity index (χ4n) is 0.932. The molecule has 0 aliphatic heterocycles. The van der Waals surface area contributed by atoms with Gasteiger partial charge in [-0.2, -0.15) is 0 Å². The highest BCUT2D eigenvalue weighted by atomic mass is 16.2.